The molecule has 1 aliphatic carbocycles. The second kappa shape index (κ2) is 4.92. The fourth-order valence-electron chi connectivity index (χ4n) is 2.57. The molecule has 0 N–H and O–H groups in total. The number of ether oxygens (including phenoxy) is 1. The molecule has 1 fully saturated rings. The predicted molar refractivity (Wildman–Crippen MR) is 81.5 cm³/mol. The number of benzene rings is 2. The van der Waals surface area contributed by atoms with Crippen LogP contribution >= 0.6 is 0 Å². The van der Waals surface area contributed by atoms with Gasteiger partial charge >= 0.3 is 0 Å². The predicted octanol–water partition coefficient (Wildman–Crippen LogP) is 4.56. The Kier molecular flexibility index (Phi) is 2.92. The van der Waals surface area contributed by atoms with Crippen LogP contribution in [0, 0.1) is 11.7 Å². The van der Waals surface area contributed by atoms with Crippen molar-refractivity contribution in [2.24, 2.45) is 5.92 Å². The van der Waals surface area contributed by atoms with Crippen LogP contribution in [0.2, 0.25) is 0 Å². The summed E-state index contributed by atoms with van der Waals surface area (Å²) in [6.45, 7) is 0.789. The third-order valence-electron chi connectivity index (χ3n) is 3.95. The fraction of sp³-hybridized carbons (Fsp3) is 0.222. The minimum Gasteiger partial charge on any atom is -0.491 e. The molecular weight excluding hydrogens is 265 g/mol. The first-order valence-electron chi connectivity index (χ1n) is 7.30. The van der Waals surface area contributed by atoms with Crippen LogP contribution in [0.1, 0.15) is 12.8 Å². The number of aromatic nitrogens is 1. The zero-order chi connectivity index (χ0) is 14.2. The number of halogens is 1. The maximum absolute atomic E-state index is 13.1. The van der Waals surface area contributed by atoms with E-state index in [2.05, 4.69) is 16.7 Å². The van der Waals surface area contributed by atoms with Gasteiger partial charge in [0.2, 0.25) is 0 Å². The maximum atomic E-state index is 13.1. The Bertz CT molecular complexity index is 772. The molecule has 3 heteroatoms. The van der Waals surface area contributed by atoms with Crippen molar-refractivity contribution in [1.82, 2.24) is 4.57 Å². The molecule has 2 nitrogen and oxygen atoms in total. The van der Waals surface area contributed by atoms with E-state index in [4.69, 9.17) is 4.74 Å². The van der Waals surface area contributed by atoms with E-state index in [-0.39, 0.29) is 5.82 Å². The highest BCUT2D eigenvalue weighted by Gasteiger charge is 2.22. The van der Waals surface area contributed by atoms with Gasteiger partial charge in [-0.1, -0.05) is 12.1 Å². The summed E-state index contributed by atoms with van der Waals surface area (Å²) in [5.74, 6) is 1.40. The Balaban J connectivity index is 1.78. The average Bonchev–Trinajstić information content (AvgIpc) is 3.27. The van der Waals surface area contributed by atoms with Crippen molar-refractivity contribution in [3.63, 3.8) is 0 Å². The first kappa shape index (κ1) is 12.5. The lowest BCUT2D eigenvalue weighted by Gasteiger charge is -2.04. The number of hydrogen-bond donors (Lipinski definition) is 0. The fourth-order valence-corrected chi connectivity index (χ4v) is 2.57. The molecule has 1 heterocycles. The molecular formula is C18H16FNO. The van der Waals surface area contributed by atoms with Crippen LogP contribution in [0.4, 0.5) is 4.39 Å². The van der Waals surface area contributed by atoms with Crippen LogP contribution < -0.4 is 4.74 Å². The smallest absolute Gasteiger partial charge is 0.145 e. The van der Waals surface area contributed by atoms with Gasteiger partial charge in [-0.3, -0.25) is 0 Å². The Morgan fingerprint density at radius 3 is 2.57 bits per heavy atom. The Morgan fingerprint density at radius 2 is 1.81 bits per heavy atom. The molecule has 3 aromatic rings. The van der Waals surface area contributed by atoms with Gasteiger partial charge in [-0.25, -0.2) is 4.39 Å². The lowest BCUT2D eigenvalue weighted by atomic mass is 10.2. The van der Waals surface area contributed by atoms with Crippen molar-refractivity contribution in [3.8, 4) is 11.4 Å². The maximum Gasteiger partial charge on any atom is 0.145 e. The van der Waals surface area contributed by atoms with E-state index in [1.54, 1.807) is 12.1 Å². The van der Waals surface area contributed by atoms with Gasteiger partial charge < -0.3 is 9.30 Å². The first-order valence-corrected chi connectivity index (χ1v) is 7.30. The second-order valence-electron chi connectivity index (χ2n) is 5.61. The number of nitrogens with zero attached hydrogens (tertiary/aromatic N) is 1. The summed E-state index contributed by atoms with van der Waals surface area (Å²) in [4.78, 5) is 0. The van der Waals surface area contributed by atoms with Crippen LogP contribution in [0.15, 0.2) is 54.7 Å². The molecule has 0 spiro atoms. The molecule has 0 aliphatic heterocycles. The van der Waals surface area contributed by atoms with E-state index in [1.807, 2.05) is 18.3 Å². The lowest BCUT2D eigenvalue weighted by Crippen LogP contribution is -1.98. The second-order valence-corrected chi connectivity index (χ2v) is 5.61. The van der Waals surface area contributed by atoms with Crippen molar-refractivity contribution < 1.29 is 9.13 Å². The van der Waals surface area contributed by atoms with E-state index in [1.165, 1.54) is 25.0 Å². The molecule has 4 rings (SSSR count). The van der Waals surface area contributed by atoms with E-state index in [9.17, 15) is 4.39 Å². The van der Waals surface area contributed by atoms with E-state index < -0.39 is 0 Å². The summed E-state index contributed by atoms with van der Waals surface area (Å²) in [6, 6.07) is 14.7. The summed E-state index contributed by atoms with van der Waals surface area (Å²) < 4.78 is 21.1. The normalized spacial score (nSPS) is 14.5. The molecule has 21 heavy (non-hydrogen) atoms. The standard InChI is InChI=1S/C18H16FNO/c19-14-7-9-15(10-8-14)20-11-18(21-12-13-5-6-13)16-3-1-2-4-17(16)20/h1-4,7-11,13H,5-6,12H2. The zero-order valence-electron chi connectivity index (χ0n) is 11.6. The van der Waals surface area contributed by atoms with E-state index in [0.717, 1.165) is 34.9 Å². The molecule has 0 unspecified atom stereocenters. The van der Waals surface area contributed by atoms with Gasteiger partial charge in [-0.15, -0.1) is 0 Å². The van der Waals surface area contributed by atoms with Crippen LogP contribution in [0.25, 0.3) is 16.6 Å². The molecule has 1 saturated carbocycles. The Hall–Kier alpha value is -2.29. The molecule has 1 aliphatic rings. The molecule has 0 saturated heterocycles. The molecule has 2 aromatic carbocycles. The van der Waals surface area contributed by atoms with Crippen LogP contribution in [0.5, 0.6) is 5.75 Å². The molecule has 106 valence electrons. The van der Waals surface area contributed by atoms with E-state index >= 15 is 0 Å². The molecule has 0 atom stereocenters. The zero-order valence-corrected chi connectivity index (χ0v) is 11.6. The summed E-state index contributed by atoms with van der Waals surface area (Å²) in [6.07, 6.45) is 4.55. The van der Waals surface area contributed by atoms with Crippen molar-refractivity contribution >= 4 is 10.9 Å². The summed E-state index contributed by atoms with van der Waals surface area (Å²) in [5, 5.41) is 1.10. The largest absolute Gasteiger partial charge is 0.491 e. The average molecular weight is 281 g/mol. The van der Waals surface area contributed by atoms with Gasteiger partial charge in [0, 0.05) is 11.1 Å². The Labute approximate surface area is 122 Å². The van der Waals surface area contributed by atoms with Gasteiger partial charge in [0.05, 0.1) is 18.3 Å². The van der Waals surface area contributed by atoms with Crippen molar-refractivity contribution in [3.05, 3.63) is 60.5 Å². The minimum atomic E-state index is -0.222. The molecule has 1 aromatic heterocycles. The number of rotatable bonds is 4. The van der Waals surface area contributed by atoms with Gasteiger partial charge in [0.1, 0.15) is 11.6 Å². The van der Waals surface area contributed by atoms with Crippen LogP contribution in [-0.2, 0) is 0 Å². The van der Waals surface area contributed by atoms with Gasteiger partial charge in [0.15, 0.2) is 0 Å². The summed E-state index contributed by atoms with van der Waals surface area (Å²) in [5.41, 5.74) is 2.02. The van der Waals surface area contributed by atoms with Crippen LogP contribution in [-0.4, -0.2) is 11.2 Å². The highest BCUT2D eigenvalue weighted by atomic mass is 19.1. The van der Waals surface area contributed by atoms with Gasteiger partial charge in [-0.05, 0) is 55.2 Å². The Morgan fingerprint density at radius 1 is 1.05 bits per heavy atom. The first-order chi connectivity index (χ1) is 10.3. The van der Waals surface area contributed by atoms with Gasteiger partial charge in [0.25, 0.3) is 0 Å². The summed E-state index contributed by atoms with van der Waals surface area (Å²) >= 11 is 0. The van der Waals surface area contributed by atoms with E-state index in [0.29, 0.717) is 0 Å². The number of para-hydroxylation sites is 1. The molecule has 0 amide bonds. The third-order valence-corrected chi connectivity index (χ3v) is 3.95. The SMILES string of the molecule is Fc1ccc(-n2cc(OCC3CC3)c3ccccc32)cc1. The van der Waals surface area contributed by atoms with Crippen molar-refractivity contribution in [2.45, 2.75) is 12.8 Å². The summed E-state index contributed by atoms with van der Waals surface area (Å²) in [7, 11) is 0. The van der Waals surface area contributed by atoms with Crippen molar-refractivity contribution in [1.29, 1.82) is 0 Å². The molecule has 0 radical (unpaired) electrons. The van der Waals surface area contributed by atoms with Crippen molar-refractivity contribution in [2.75, 3.05) is 6.61 Å². The molecule has 0 bridgehead atoms. The van der Waals surface area contributed by atoms with Crippen LogP contribution in [0.3, 0.4) is 0 Å². The highest BCUT2D eigenvalue weighted by Crippen LogP contribution is 2.34. The topological polar surface area (TPSA) is 14.2 Å². The number of hydrogen-bond acceptors (Lipinski definition) is 1. The number of fused-ring (bicyclic) bond motifs is 1. The minimum absolute atomic E-state index is 0.222. The quantitative estimate of drug-likeness (QED) is 0.684. The lowest BCUT2D eigenvalue weighted by molar-refractivity contribution is 0.303. The monoisotopic (exact) mass is 281 g/mol. The highest BCUT2D eigenvalue weighted by molar-refractivity contribution is 5.88. The van der Waals surface area contributed by atoms with Gasteiger partial charge in [-0.2, -0.15) is 0 Å². The third kappa shape index (κ3) is 2.40.